The molecule has 0 heterocycles. The molecule has 2 aromatic rings. The fraction of sp³-hybridized carbons (Fsp3) is 0.133. The van der Waals surface area contributed by atoms with E-state index in [1.54, 1.807) is 30.3 Å². The summed E-state index contributed by atoms with van der Waals surface area (Å²) in [6.07, 6.45) is -0.875. The van der Waals surface area contributed by atoms with Gasteiger partial charge in [-0.1, -0.05) is 41.9 Å². The van der Waals surface area contributed by atoms with Gasteiger partial charge in [0.25, 0.3) is 0 Å². The van der Waals surface area contributed by atoms with E-state index in [1.807, 2.05) is 18.2 Å². The van der Waals surface area contributed by atoms with Crippen LogP contribution in [0.15, 0.2) is 48.5 Å². The Balaban J connectivity index is 2.38. The van der Waals surface area contributed by atoms with Gasteiger partial charge in [-0.3, -0.25) is 4.79 Å². The van der Waals surface area contributed by atoms with E-state index >= 15 is 0 Å². The van der Waals surface area contributed by atoms with Gasteiger partial charge in [0.05, 0.1) is 0 Å². The third-order valence-corrected chi connectivity index (χ3v) is 3.30. The number of carbonyl (C=O) groups is 1. The van der Waals surface area contributed by atoms with Gasteiger partial charge < -0.3 is 10.4 Å². The summed E-state index contributed by atoms with van der Waals surface area (Å²) in [5.41, 5.74) is 1.75. The molecule has 1 amide bonds. The molecule has 104 valence electrons. The number of benzene rings is 2. The van der Waals surface area contributed by atoms with Crippen LogP contribution in [0.2, 0.25) is 5.02 Å². The first-order chi connectivity index (χ1) is 9.61. The highest BCUT2D eigenvalue weighted by atomic mass is 35.5. The zero-order valence-corrected chi connectivity index (χ0v) is 12.0. The van der Waals surface area contributed by atoms with Crippen LogP contribution in [0.1, 0.15) is 17.2 Å². The first-order valence-corrected chi connectivity index (χ1v) is 6.91. The van der Waals surface area contributed by atoms with Gasteiger partial charge in [0.2, 0.25) is 5.91 Å². The lowest BCUT2D eigenvalue weighted by Crippen LogP contribution is -2.15. The lowest BCUT2D eigenvalue weighted by molar-refractivity contribution is -0.113. The number of nitrogens with one attached hydrogen (secondary N) is 1. The van der Waals surface area contributed by atoms with Crippen LogP contribution in [0.25, 0.3) is 0 Å². The quantitative estimate of drug-likeness (QED) is 0.848. The van der Waals surface area contributed by atoms with E-state index in [0.717, 1.165) is 5.56 Å². The van der Waals surface area contributed by atoms with E-state index in [-0.39, 0.29) is 11.8 Å². The van der Waals surface area contributed by atoms with Gasteiger partial charge >= 0.3 is 0 Å². The lowest BCUT2D eigenvalue weighted by Gasteiger charge is -2.16. The third kappa shape index (κ3) is 3.51. The third-order valence-electron chi connectivity index (χ3n) is 2.82. The smallest absolute Gasteiger partial charge is 0.239 e. The van der Waals surface area contributed by atoms with Gasteiger partial charge in [0.1, 0.15) is 12.0 Å². The molecule has 0 aliphatic heterocycles. The molecule has 0 aromatic heterocycles. The Morgan fingerprint density at radius 2 is 1.90 bits per heavy atom. The Labute approximate surface area is 127 Å². The Morgan fingerprint density at radius 3 is 2.55 bits per heavy atom. The molecule has 0 radical (unpaired) electrons. The van der Waals surface area contributed by atoms with Crippen molar-refractivity contribution in [3.63, 3.8) is 0 Å². The second-order valence-corrected chi connectivity index (χ2v) is 4.93. The minimum Gasteiger partial charge on any atom is -0.384 e. The van der Waals surface area contributed by atoms with Gasteiger partial charge in [0, 0.05) is 16.3 Å². The molecule has 0 fully saturated rings. The number of anilines is 1. The minimum absolute atomic E-state index is 0.149. The first-order valence-electron chi connectivity index (χ1n) is 6.00. The summed E-state index contributed by atoms with van der Waals surface area (Å²) in [6, 6.07) is 14.1. The fourth-order valence-corrected chi connectivity index (χ4v) is 2.12. The van der Waals surface area contributed by atoms with Gasteiger partial charge in [-0.25, -0.2) is 0 Å². The van der Waals surface area contributed by atoms with Crippen LogP contribution >= 0.6 is 23.2 Å². The van der Waals surface area contributed by atoms with E-state index in [1.165, 1.54) is 0 Å². The molecule has 20 heavy (non-hydrogen) atoms. The Morgan fingerprint density at radius 1 is 1.20 bits per heavy atom. The molecule has 2 N–H and O–H groups in total. The van der Waals surface area contributed by atoms with Crippen molar-refractivity contribution in [3.05, 3.63) is 64.7 Å². The second-order valence-electron chi connectivity index (χ2n) is 4.23. The van der Waals surface area contributed by atoms with Crippen LogP contribution in [0, 0.1) is 0 Å². The molecular formula is C15H13Cl2NO2. The second kappa shape index (κ2) is 6.75. The number of rotatable bonds is 4. The van der Waals surface area contributed by atoms with E-state index in [4.69, 9.17) is 23.2 Å². The van der Waals surface area contributed by atoms with Crippen molar-refractivity contribution >= 4 is 34.8 Å². The summed E-state index contributed by atoms with van der Waals surface area (Å²) in [5, 5.41) is 13.6. The topological polar surface area (TPSA) is 49.3 Å². The average molecular weight is 310 g/mol. The van der Waals surface area contributed by atoms with Crippen molar-refractivity contribution in [2.24, 2.45) is 0 Å². The Bertz CT molecular complexity index is 602. The molecule has 2 aromatic carbocycles. The molecule has 0 saturated heterocycles. The van der Waals surface area contributed by atoms with Crippen LogP contribution < -0.4 is 5.32 Å². The molecule has 2 rings (SSSR count). The van der Waals surface area contributed by atoms with Crippen molar-refractivity contribution in [3.8, 4) is 0 Å². The van der Waals surface area contributed by atoms with Gasteiger partial charge in [-0.2, -0.15) is 0 Å². The van der Waals surface area contributed by atoms with Crippen LogP contribution in [-0.4, -0.2) is 16.9 Å². The lowest BCUT2D eigenvalue weighted by atomic mass is 10.00. The SMILES string of the molecule is O=C(CCl)Nc1ccc(Cl)cc1C(O)c1ccccc1. The number of hydrogen-bond donors (Lipinski definition) is 2. The van der Waals surface area contributed by atoms with Crippen LogP contribution in [0.3, 0.4) is 0 Å². The summed E-state index contributed by atoms with van der Waals surface area (Å²) >= 11 is 11.5. The van der Waals surface area contributed by atoms with E-state index in [0.29, 0.717) is 16.3 Å². The summed E-state index contributed by atoms with van der Waals surface area (Å²) in [7, 11) is 0. The maximum atomic E-state index is 11.4. The van der Waals surface area contributed by atoms with Crippen molar-refractivity contribution in [2.45, 2.75) is 6.10 Å². The number of aliphatic hydroxyl groups is 1. The maximum absolute atomic E-state index is 11.4. The number of carbonyl (C=O) groups excluding carboxylic acids is 1. The van der Waals surface area contributed by atoms with Gasteiger partial charge in [-0.05, 0) is 23.8 Å². The normalized spacial score (nSPS) is 11.9. The molecule has 0 aliphatic carbocycles. The predicted molar refractivity (Wildman–Crippen MR) is 81.3 cm³/mol. The van der Waals surface area contributed by atoms with E-state index in [2.05, 4.69) is 5.32 Å². The highest BCUT2D eigenvalue weighted by molar-refractivity contribution is 6.31. The molecule has 1 atom stereocenters. The standard InChI is InChI=1S/C15H13Cl2NO2/c16-9-14(19)18-13-7-6-11(17)8-12(13)15(20)10-4-2-1-3-5-10/h1-8,15,20H,9H2,(H,18,19). The molecule has 0 bridgehead atoms. The predicted octanol–water partition coefficient (Wildman–Crippen LogP) is 3.60. The summed E-state index contributed by atoms with van der Waals surface area (Å²) in [5.74, 6) is -0.487. The fourth-order valence-electron chi connectivity index (χ4n) is 1.87. The van der Waals surface area contributed by atoms with E-state index in [9.17, 15) is 9.90 Å². The van der Waals surface area contributed by atoms with Crippen molar-refractivity contribution in [1.29, 1.82) is 0 Å². The number of hydrogen-bond acceptors (Lipinski definition) is 2. The minimum atomic E-state index is -0.875. The van der Waals surface area contributed by atoms with Crippen molar-refractivity contribution in [2.75, 3.05) is 11.2 Å². The zero-order chi connectivity index (χ0) is 14.5. The van der Waals surface area contributed by atoms with Crippen LogP contribution in [0.5, 0.6) is 0 Å². The summed E-state index contributed by atoms with van der Waals surface area (Å²) in [4.78, 5) is 11.4. The number of amides is 1. The van der Waals surface area contributed by atoms with Crippen LogP contribution in [0.4, 0.5) is 5.69 Å². The monoisotopic (exact) mass is 309 g/mol. The molecule has 0 aliphatic rings. The van der Waals surface area contributed by atoms with Gasteiger partial charge in [-0.15, -0.1) is 11.6 Å². The molecule has 0 saturated carbocycles. The average Bonchev–Trinajstić information content (AvgIpc) is 2.49. The molecule has 0 spiro atoms. The molecular weight excluding hydrogens is 297 g/mol. The number of aliphatic hydroxyl groups excluding tert-OH is 1. The van der Waals surface area contributed by atoms with E-state index < -0.39 is 6.10 Å². The number of alkyl halides is 1. The van der Waals surface area contributed by atoms with Crippen molar-refractivity contribution < 1.29 is 9.90 Å². The zero-order valence-electron chi connectivity index (χ0n) is 10.5. The molecule has 3 nitrogen and oxygen atoms in total. The highest BCUT2D eigenvalue weighted by Gasteiger charge is 2.16. The summed E-state index contributed by atoms with van der Waals surface area (Å²) in [6.45, 7) is 0. The van der Waals surface area contributed by atoms with Crippen molar-refractivity contribution in [1.82, 2.24) is 0 Å². The Hall–Kier alpha value is -1.55. The highest BCUT2D eigenvalue weighted by Crippen LogP contribution is 2.30. The largest absolute Gasteiger partial charge is 0.384 e. The molecule has 5 heteroatoms. The maximum Gasteiger partial charge on any atom is 0.239 e. The summed E-state index contributed by atoms with van der Waals surface area (Å²) < 4.78 is 0. The van der Waals surface area contributed by atoms with Crippen LogP contribution in [-0.2, 0) is 4.79 Å². The number of halogens is 2. The molecule has 1 unspecified atom stereocenters. The Kier molecular flexibility index (Phi) is 5.01. The first kappa shape index (κ1) is 14.9. The van der Waals surface area contributed by atoms with Gasteiger partial charge in [0.15, 0.2) is 0 Å².